The third-order valence-corrected chi connectivity index (χ3v) is 6.90. The standard InChI is InChI=1S/C24H27ClN4O3S/c1-26-29(18-30)21-6-8-23(9-7-21)33-15-22-14-31-24(32-22,16-28-13-12-27-17-28)11-10-19-2-4-20(25)5-3-19/h2-9,12-13,17-18,22,26H,10-11,14-16H2,1H3/t22-,24-/m0/s1. The molecule has 0 saturated carbocycles. The third kappa shape index (κ3) is 6.37. The van der Waals surface area contributed by atoms with Gasteiger partial charge < -0.3 is 14.0 Å². The van der Waals surface area contributed by atoms with E-state index < -0.39 is 5.79 Å². The third-order valence-electron chi connectivity index (χ3n) is 5.50. The zero-order chi connectivity index (χ0) is 23.1. The van der Waals surface area contributed by atoms with Crippen molar-refractivity contribution in [3.05, 3.63) is 77.8 Å². The highest BCUT2D eigenvalue weighted by Gasteiger charge is 2.41. The first kappa shape index (κ1) is 23.8. The number of hydrogen-bond donors (Lipinski definition) is 1. The summed E-state index contributed by atoms with van der Waals surface area (Å²) in [6, 6.07) is 15.7. The molecule has 1 fully saturated rings. The van der Waals surface area contributed by atoms with Crippen LogP contribution in [0.15, 0.2) is 72.1 Å². The molecule has 2 atom stereocenters. The number of thioether (sulfide) groups is 1. The predicted octanol–water partition coefficient (Wildman–Crippen LogP) is 4.17. The van der Waals surface area contributed by atoms with E-state index in [2.05, 4.69) is 10.4 Å². The summed E-state index contributed by atoms with van der Waals surface area (Å²) in [6.07, 6.45) is 7.75. The van der Waals surface area contributed by atoms with Gasteiger partial charge >= 0.3 is 0 Å². The number of aromatic nitrogens is 2. The number of halogens is 1. The van der Waals surface area contributed by atoms with E-state index in [4.69, 9.17) is 21.1 Å². The van der Waals surface area contributed by atoms with Gasteiger partial charge in [0.15, 0.2) is 5.79 Å². The van der Waals surface area contributed by atoms with E-state index in [0.717, 1.165) is 40.6 Å². The molecule has 1 aliphatic heterocycles. The number of hydrogen-bond acceptors (Lipinski definition) is 6. The number of nitrogens with zero attached hydrogens (tertiary/aromatic N) is 3. The molecule has 0 spiro atoms. The van der Waals surface area contributed by atoms with Crippen LogP contribution in [0.1, 0.15) is 12.0 Å². The number of nitrogens with one attached hydrogen (secondary N) is 1. The Morgan fingerprint density at radius 3 is 2.73 bits per heavy atom. The maximum atomic E-state index is 11.1. The smallest absolute Gasteiger partial charge is 0.228 e. The van der Waals surface area contributed by atoms with Gasteiger partial charge in [0.25, 0.3) is 0 Å². The molecule has 1 N–H and O–H groups in total. The SMILES string of the molecule is CNN(C=O)c1ccc(SC[C@@H]2CO[C@](CCc3ccc(Cl)cc3)(Cn3ccnc3)O2)cc1. The summed E-state index contributed by atoms with van der Waals surface area (Å²) in [4.78, 5) is 16.3. The van der Waals surface area contributed by atoms with E-state index in [1.807, 2.05) is 59.3 Å². The van der Waals surface area contributed by atoms with E-state index in [1.165, 1.54) is 10.6 Å². The molecular weight excluding hydrogens is 460 g/mol. The fraction of sp³-hybridized carbons (Fsp3) is 0.333. The van der Waals surface area contributed by atoms with Gasteiger partial charge in [-0.15, -0.1) is 11.8 Å². The topological polar surface area (TPSA) is 68.6 Å². The number of imidazole rings is 1. The highest BCUT2D eigenvalue weighted by atomic mass is 35.5. The Kier molecular flexibility index (Phi) is 8.06. The van der Waals surface area contributed by atoms with E-state index in [0.29, 0.717) is 13.2 Å². The molecule has 33 heavy (non-hydrogen) atoms. The Hall–Kier alpha value is -2.36. The lowest BCUT2D eigenvalue weighted by Gasteiger charge is -2.28. The molecule has 2 aromatic carbocycles. The number of ether oxygens (including phenoxy) is 2. The van der Waals surface area contributed by atoms with Crippen molar-refractivity contribution in [2.24, 2.45) is 0 Å². The molecule has 4 rings (SSSR count). The fourth-order valence-electron chi connectivity index (χ4n) is 3.77. The van der Waals surface area contributed by atoms with Gasteiger partial charge in [-0.2, -0.15) is 0 Å². The Balaban J connectivity index is 1.37. The van der Waals surface area contributed by atoms with Crippen molar-refractivity contribution in [1.29, 1.82) is 0 Å². The van der Waals surface area contributed by atoms with Crippen LogP contribution in [0.2, 0.25) is 5.02 Å². The van der Waals surface area contributed by atoms with Gasteiger partial charge in [0.1, 0.15) is 0 Å². The van der Waals surface area contributed by atoms with Gasteiger partial charge in [-0.1, -0.05) is 23.7 Å². The molecule has 174 valence electrons. The number of aryl methyl sites for hydroxylation is 1. The Morgan fingerprint density at radius 1 is 1.27 bits per heavy atom. The van der Waals surface area contributed by atoms with Crippen LogP contribution >= 0.6 is 23.4 Å². The van der Waals surface area contributed by atoms with Crippen LogP contribution < -0.4 is 10.4 Å². The maximum absolute atomic E-state index is 11.1. The highest BCUT2D eigenvalue weighted by molar-refractivity contribution is 7.99. The molecule has 0 radical (unpaired) electrons. The van der Waals surface area contributed by atoms with E-state index in [-0.39, 0.29) is 6.10 Å². The van der Waals surface area contributed by atoms with Crippen molar-refractivity contribution in [3.63, 3.8) is 0 Å². The summed E-state index contributed by atoms with van der Waals surface area (Å²) >= 11 is 7.73. The molecule has 1 amide bonds. The van der Waals surface area contributed by atoms with Crippen molar-refractivity contribution in [1.82, 2.24) is 15.0 Å². The lowest BCUT2D eigenvalue weighted by Crippen LogP contribution is -2.37. The van der Waals surface area contributed by atoms with E-state index in [9.17, 15) is 4.79 Å². The minimum atomic E-state index is -0.702. The Labute approximate surface area is 203 Å². The Bertz CT molecular complexity index is 1020. The summed E-state index contributed by atoms with van der Waals surface area (Å²) in [6.45, 7) is 1.13. The van der Waals surface area contributed by atoms with Gasteiger partial charge in [-0.3, -0.25) is 4.79 Å². The first-order chi connectivity index (χ1) is 16.1. The van der Waals surface area contributed by atoms with Gasteiger partial charge in [0.05, 0.1) is 31.3 Å². The summed E-state index contributed by atoms with van der Waals surface area (Å²) in [5.74, 6) is 0.0715. The number of carbonyl (C=O) groups excluding carboxylic acids is 1. The van der Waals surface area contributed by atoms with Crippen molar-refractivity contribution < 1.29 is 14.3 Å². The predicted molar refractivity (Wildman–Crippen MR) is 130 cm³/mol. The van der Waals surface area contributed by atoms with Gasteiger partial charge in [0.2, 0.25) is 6.41 Å². The van der Waals surface area contributed by atoms with Crippen molar-refractivity contribution in [2.45, 2.75) is 36.2 Å². The summed E-state index contributed by atoms with van der Waals surface area (Å²) < 4.78 is 14.8. The van der Waals surface area contributed by atoms with Crippen molar-refractivity contribution >= 4 is 35.5 Å². The van der Waals surface area contributed by atoms with Crippen LogP contribution in [-0.2, 0) is 27.2 Å². The average Bonchev–Trinajstić information content (AvgIpc) is 3.50. The van der Waals surface area contributed by atoms with Crippen molar-refractivity contribution in [3.8, 4) is 0 Å². The van der Waals surface area contributed by atoms with Gasteiger partial charge in [-0.05, 0) is 48.4 Å². The lowest BCUT2D eigenvalue weighted by molar-refractivity contribution is -0.180. The maximum Gasteiger partial charge on any atom is 0.228 e. The number of anilines is 1. The summed E-state index contributed by atoms with van der Waals surface area (Å²) in [7, 11) is 1.71. The van der Waals surface area contributed by atoms with Crippen LogP contribution in [0.3, 0.4) is 0 Å². The summed E-state index contributed by atoms with van der Waals surface area (Å²) in [5.41, 5.74) is 4.81. The average molecular weight is 487 g/mol. The monoisotopic (exact) mass is 486 g/mol. The highest BCUT2D eigenvalue weighted by Crippen LogP contribution is 2.33. The molecule has 3 aromatic rings. The molecule has 2 heterocycles. The molecule has 9 heteroatoms. The summed E-state index contributed by atoms with van der Waals surface area (Å²) in [5, 5.41) is 2.16. The van der Waals surface area contributed by atoms with Crippen LogP contribution in [0.25, 0.3) is 0 Å². The Morgan fingerprint density at radius 2 is 2.06 bits per heavy atom. The molecular formula is C24H27ClN4O3S. The zero-order valence-electron chi connectivity index (χ0n) is 18.4. The van der Waals surface area contributed by atoms with Crippen LogP contribution in [0.4, 0.5) is 5.69 Å². The minimum absolute atomic E-state index is 0.0211. The second-order valence-corrected chi connectivity index (χ2v) is 9.36. The van der Waals surface area contributed by atoms with Gasteiger partial charge in [0, 0.05) is 41.5 Å². The normalized spacial score (nSPS) is 20.1. The fourth-order valence-corrected chi connectivity index (χ4v) is 4.77. The number of amides is 1. The first-order valence-corrected chi connectivity index (χ1v) is 12.1. The molecule has 1 aliphatic rings. The molecule has 0 unspecified atom stereocenters. The van der Waals surface area contributed by atoms with Crippen LogP contribution in [0.5, 0.6) is 0 Å². The molecule has 0 aliphatic carbocycles. The second kappa shape index (κ2) is 11.2. The zero-order valence-corrected chi connectivity index (χ0v) is 20.0. The molecule has 1 saturated heterocycles. The van der Waals surface area contributed by atoms with E-state index in [1.54, 1.807) is 31.3 Å². The van der Waals surface area contributed by atoms with Crippen molar-refractivity contribution in [2.75, 3.05) is 24.4 Å². The van der Waals surface area contributed by atoms with Crippen LogP contribution in [0, 0.1) is 0 Å². The lowest BCUT2D eigenvalue weighted by atomic mass is 10.0. The molecule has 7 nitrogen and oxygen atoms in total. The number of carbonyl (C=O) groups is 1. The first-order valence-electron chi connectivity index (χ1n) is 10.8. The number of rotatable bonds is 11. The minimum Gasteiger partial charge on any atom is -0.345 e. The largest absolute Gasteiger partial charge is 0.345 e. The quantitative estimate of drug-likeness (QED) is 0.249. The van der Waals surface area contributed by atoms with Crippen LogP contribution in [-0.4, -0.2) is 47.3 Å². The van der Waals surface area contributed by atoms with E-state index >= 15 is 0 Å². The second-order valence-electron chi connectivity index (χ2n) is 7.83. The van der Waals surface area contributed by atoms with Gasteiger partial charge in [-0.25, -0.2) is 15.4 Å². The molecule has 1 aromatic heterocycles. The molecule has 0 bridgehead atoms. The number of benzene rings is 2. The number of hydrazine groups is 1.